The second kappa shape index (κ2) is 8.97. The molecule has 0 rings (SSSR count). The first-order valence-corrected chi connectivity index (χ1v) is 6.55. The average Bonchev–Trinajstić information content (AvgIpc) is 2.17. The summed E-state index contributed by atoms with van der Waals surface area (Å²) in [4.78, 5) is 2.39. The number of hydrogen-bond donors (Lipinski definition) is 2. The van der Waals surface area contributed by atoms with Gasteiger partial charge in [-0.2, -0.15) is 0 Å². The van der Waals surface area contributed by atoms with E-state index in [-0.39, 0.29) is 6.61 Å². The number of nitrogens with zero attached hydrogens (tertiary/aromatic N) is 1. The summed E-state index contributed by atoms with van der Waals surface area (Å²) < 4.78 is 0. The number of likely N-dealkylation sites (N-methyl/N-ethyl adjacent to an activating group) is 2. The predicted molar refractivity (Wildman–Crippen MR) is 70.7 cm³/mol. The average molecular weight is 230 g/mol. The summed E-state index contributed by atoms with van der Waals surface area (Å²) in [5.41, 5.74) is 0. The molecule has 0 radical (unpaired) electrons. The van der Waals surface area contributed by atoms with Gasteiger partial charge < -0.3 is 15.3 Å². The van der Waals surface area contributed by atoms with Gasteiger partial charge in [0.2, 0.25) is 0 Å². The first kappa shape index (κ1) is 15.9. The van der Waals surface area contributed by atoms with Crippen LogP contribution in [0.15, 0.2) is 0 Å². The quantitative estimate of drug-likeness (QED) is 0.633. The lowest BCUT2D eigenvalue weighted by Crippen LogP contribution is -2.43. The van der Waals surface area contributed by atoms with Gasteiger partial charge in [-0.15, -0.1) is 0 Å². The van der Waals surface area contributed by atoms with Crippen LogP contribution < -0.4 is 5.32 Å². The van der Waals surface area contributed by atoms with Gasteiger partial charge in [0.05, 0.1) is 0 Å². The highest BCUT2D eigenvalue weighted by molar-refractivity contribution is 4.73. The van der Waals surface area contributed by atoms with E-state index in [9.17, 15) is 0 Å². The summed E-state index contributed by atoms with van der Waals surface area (Å²) in [6.45, 7) is 11.2. The molecule has 0 aromatic heterocycles. The van der Waals surface area contributed by atoms with E-state index >= 15 is 0 Å². The molecule has 0 saturated heterocycles. The van der Waals surface area contributed by atoms with Gasteiger partial charge in [0.1, 0.15) is 0 Å². The monoisotopic (exact) mass is 230 g/mol. The molecule has 2 atom stereocenters. The fraction of sp³-hybridized carbons (Fsp3) is 1.00. The van der Waals surface area contributed by atoms with E-state index in [4.69, 9.17) is 5.11 Å². The molecule has 0 heterocycles. The van der Waals surface area contributed by atoms with Crippen LogP contribution in [0.2, 0.25) is 0 Å². The third kappa shape index (κ3) is 7.20. The van der Waals surface area contributed by atoms with Gasteiger partial charge >= 0.3 is 0 Å². The molecule has 0 aliphatic heterocycles. The minimum Gasteiger partial charge on any atom is -0.396 e. The van der Waals surface area contributed by atoms with E-state index in [0.717, 1.165) is 25.4 Å². The highest BCUT2D eigenvalue weighted by Gasteiger charge is 2.15. The highest BCUT2D eigenvalue weighted by Crippen LogP contribution is 2.10. The molecule has 0 saturated carbocycles. The molecule has 2 N–H and O–H groups in total. The Bertz CT molecular complexity index is 156. The van der Waals surface area contributed by atoms with Crippen molar-refractivity contribution in [2.75, 3.05) is 26.7 Å². The van der Waals surface area contributed by atoms with E-state index in [1.54, 1.807) is 0 Å². The van der Waals surface area contributed by atoms with Crippen molar-refractivity contribution in [1.82, 2.24) is 10.2 Å². The maximum atomic E-state index is 9.00. The van der Waals surface area contributed by atoms with E-state index < -0.39 is 0 Å². The molecular formula is C13H30N2O. The number of rotatable bonds is 9. The molecule has 0 spiro atoms. The van der Waals surface area contributed by atoms with Crippen molar-refractivity contribution in [1.29, 1.82) is 0 Å². The number of aliphatic hydroxyl groups excluding tert-OH is 1. The molecule has 2 unspecified atom stereocenters. The van der Waals surface area contributed by atoms with Crippen LogP contribution >= 0.6 is 0 Å². The molecular weight excluding hydrogens is 200 g/mol. The first-order chi connectivity index (χ1) is 7.51. The van der Waals surface area contributed by atoms with E-state index in [0.29, 0.717) is 12.1 Å². The molecule has 0 aliphatic rings. The Morgan fingerprint density at radius 2 is 1.88 bits per heavy atom. The molecule has 0 aromatic rings. The van der Waals surface area contributed by atoms with Crippen LogP contribution in [0.5, 0.6) is 0 Å². The largest absolute Gasteiger partial charge is 0.396 e. The Morgan fingerprint density at radius 1 is 1.25 bits per heavy atom. The summed E-state index contributed by atoms with van der Waals surface area (Å²) in [6.07, 6.45) is 2.07. The van der Waals surface area contributed by atoms with Crippen molar-refractivity contribution in [3.63, 3.8) is 0 Å². The van der Waals surface area contributed by atoms with Crippen molar-refractivity contribution < 1.29 is 5.11 Å². The molecule has 0 amide bonds. The van der Waals surface area contributed by atoms with Crippen LogP contribution in [-0.4, -0.2) is 48.8 Å². The van der Waals surface area contributed by atoms with Crippen LogP contribution in [0, 0.1) is 5.92 Å². The Hall–Kier alpha value is -0.120. The third-order valence-corrected chi connectivity index (χ3v) is 3.04. The van der Waals surface area contributed by atoms with E-state index in [2.05, 4.69) is 45.0 Å². The minimum absolute atomic E-state index is 0.268. The van der Waals surface area contributed by atoms with Crippen molar-refractivity contribution >= 4 is 0 Å². The molecule has 0 fully saturated rings. The van der Waals surface area contributed by atoms with Gasteiger partial charge in [-0.05, 0) is 39.3 Å². The SMILES string of the molecule is CCNC(CCO)CN(C)C(C)CC(C)C. The summed E-state index contributed by atoms with van der Waals surface area (Å²) in [7, 11) is 2.18. The van der Waals surface area contributed by atoms with Crippen molar-refractivity contribution in [3.8, 4) is 0 Å². The number of nitrogens with one attached hydrogen (secondary N) is 1. The summed E-state index contributed by atoms with van der Waals surface area (Å²) in [5.74, 6) is 0.743. The summed E-state index contributed by atoms with van der Waals surface area (Å²) >= 11 is 0. The second-order valence-corrected chi connectivity index (χ2v) is 5.19. The number of aliphatic hydroxyl groups is 1. The Labute approximate surface area is 101 Å². The molecule has 0 bridgehead atoms. The highest BCUT2D eigenvalue weighted by atomic mass is 16.3. The van der Waals surface area contributed by atoms with Gasteiger partial charge in [0, 0.05) is 25.2 Å². The van der Waals surface area contributed by atoms with Gasteiger partial charge in [-0.3, -0.25) is 0 Å². The third-order valence-electron chi connectivity index (χ3n) is 3.04. The van der Waals surface area contributed by atoms with Crippen LogP contribution in [0.3, 0.4) is 0 Å². The lowest BCUT2D eigenvalue weighted by molar-refractivity contribution is 0.186. The molecule has 3 heteroatoms. The van der Waals surface area contributed by atoms with E-state index in [1.165, 1.54) is 6.42 Å². The molecule has 0 aromatic carbocycles. The fourth-order valence-corrected chi connectivity index (χ4v) is 2.09. The molecule has 0 aliphatic carbocycles. The topological polar surface area (TPSA) is 35.5 Å². The van der Waals surface area contributed by atoms with Crippen molar-refractivity contribution in [2.45, 2.75) is 52.6 Å². The minimum atomic E-state index is 0.268. The van der Waals surface area contributed by atoms with Crippen LogP contribution in [0.4, 0.5) is 0 Å². The van der Waals surface area contributed by atoms with Crippen LogP contribution in [-0.2, 0) is 0 Å². The normalized spacial score (nSPS) is 15.8. The summed E-state index contributed by atoms with van der Waals surface area (Å²) in [5, 5.41) is 12.4. The Morgan fingerprint density at radius 3 is 2.31 bits per heavy atom. The fourth-order valence-electron chi connectivity index (χ4n) is 2.09. The van der Waals surface area contributed by atoms with Gasteiger partial charge in [-0.25, -0.2) is 0 Å². The zero-order valence-electron chi connectivity index (χ0n) is 11.7. The zero-order chi connectivity index (χ0) is 12.6. The smallest absolute Gasteiger partial charge is 0.0446 e. The Balaban J connectivity index is 4.00. The van der Waals surface area contributed by atoms with Crippen LogP contribution in [0.1, 0.15) is 40.5 Å². The van der Waals surface area contributed by atoms with Crippen molar-refractivity contribution in [3.05, 3.63) is 0 Å². The maximum Gasteiger partial charge on any atom is 0.0446 e. The maximum absolute atomic E-state index is 9.00. The zero-order valence-corrected chi connectivity index (χ0v) is 11.7. The van der Waals surface area contributed by atoms with Gasteiger partial charge in [-0.1, -0.05) is 20.8 Å². The molecule has 98 valence electrons. The van der Waals surface area contributed by atoms with Crippen LogP contribution in [0.25, 0.3) is 0 Å². The first-order valence-electron chi connectivity index (χ1n) is 6.55. The van der Waals surface area contributed by atoms with E-state index in [1.807, 2.05) is 0 Å². The van der Waals surface area contributed by atoms with Crippen molar-refractivity contribution in [2.24, 2.45) is 5.92 Å². The standard InChI is InChI=1S/C13H30N2O/c1-6-14-13(7-8-16)10-15(5)12(4)9-11(2)3/h11-14,16H,6-10H2,1-5H3. The number of hydrogen-bond acceptors (Lipinski definition) is 3. The lowest BCUT2D eigenvalue weighted by atomic mass is 10.0. The predicted octanol–water partition coefficient (Wildman–Crippen LogP) is 1.71. The second-order valence-electron chi connectivity index (χ2n) is 5.19. The van der Waals surface area contributed by atoms with Gasteiger partial charge in [0.15, 0.2) is 0 Å². The summed E-state index contributed by atoms with van der Waals surface area (Å²) in [6, 6.07) is 1.02. The lowest BCUT2D eigenvalue weighted by Gasteiger charge is -2.30. The molecule has 3 nitrogen and oxygen atoms in total. The Kier molecular flexibility index (Phi) is 8.90. The van der Waals surface area contributed by atoms with Gasteiger partial charge in [0.25, 0.3) is 0 Å². The molecule has 16 heavy (non-hydrogen) atoms.